The number of thiophene rings is 1. The summed E-state index contributed by atoms with van der Waals surface area (Å²) < 4.78 is 11.7. The number of hydrogen-bond donors (Lipinski definition) is 2. The highest BCUT2D eigenvalue weighted by Crippen LogP contribution is 2.46. The van der Waals surface area contributed by atoms with E-state index in [0.29, 0.717) is 23.0 Å². The molecule has 2 aliphatic rings. The molecule has 1 aromatic carbocycles. The van der Waals surface area contributed by atoms with E-state index in [2.05, 4.69) is 47.3 Å². The number of halogens is 1. The Morgan fingerprint density at radius 3 is 2.83 bits per heavy atom. The van der Waals surface area contributed by atoms with Gasteiger partial charge in [0, 0.05) is 21.0 Å². The van der Waals surface area contributed by atoms with E-state index in [-0.39, 0.29) is 11.3 Å². The monoisotopic (exact) mass is 554 g/mol. The van der Waals surface area contributed by atoms with E-state index in [1.807, 2.05) is 6.07 Å². The highest BCUT2D eigenvalue weighted by atomic mass is 79.9. The first-order valence-electron chi connectivity index (χ1n) is 11.6. The van der Waals surface area contributed by atoms with E-state index < -0.39 is 12.1 Å². The predicted octanol–water partition coefficient (Wildman–Crippen LogP) is 6.73. The van der Waals surface area contributed by atoms with Gasteiger partial charge < -0.3 is 19.8 Å². The van der Waals surface area contributed by atoms with Crippen molar-refractivity contribution in [2.75, 3.05) is 5.32 Å². The Bertz CT molecular complexity index is 1300. The Kier molecular flexibility index (Phi) is 6.36. The van der Waals surface area contributed by atoms with Crippen LogP contribution in [0, 0.1) is 11.3 Å². The first kappa shape index (κ1) is 23.9. The second-order valence-electron chi connectivity index (χ2n) is 10.0. The number of esters is 1. The maximum Gasteiger partial charge on any atom is 0.336 e. The molecule has 0 radical (unpaired) electrons. The zero-order chi connectivity index (χ0) is 24.7. The molecule has 3 heterocycles. The molecule has 5 rings (SSSR count). The molecule has 0 fully saturated rings. The van der Waals surface area contributed by atoms with Gasteiger partial charge in [-0.05, 0) is 72.6 Å². The molecule has 182 valence electrons. The minimum atomic E-state index is -0.535. The molecule has 1 amide bonds. The van der Waals surface area contributed by atoms with Crippen molar-refractivity contribution in [3.8, 4) is 5.75 Å². The van der Waals surface area contributed by atoms with Gasteiger partial charge in [0.25, 0.3) is 5.91 Å². The van der Waals surface area contributed by atoms with E-state index in [4.69, 9.17) is 9.15 Å². The standard InChI is InChI=1S/C27H27BrN2O4S/c1-27(2,3)15-6-9-18-21(13-15)35-26-23(18)25(32)29-24(30-26)19-14-16(28)7-10-20(19)34-22(31)11-8-17-5-4-12-33-17/h4-5,7-8,10-12,14-15,24,30H,6,9,13H2,1-3H3,(H,29,32). The van der Waals surface area contributed by atoms with Crippen LogP contribution >= 0.6 is 27.3 Å². The molecule has 35 heavy (non-hydrogen) atoms. The molecule has 2 atom stereocenters. The van der Waals surface area contributed by atoms with Gasteiger partial charge in [0.1, 0.15) is 22.7 Å². The van der Waals surface area contributed by atoms with Crippen molar-refractivity contribution < 1.29 is 18.7 Å². The molecular formula is C27H27BrN2O4S. The number of carbonyl (C=O) groups is 2. The van der Waals surface area contributed by atoms with Crippen LogP contribution in [0.3, 0.4) is 0 Å². The summed E-state index contributed by atoms with van der Waals surface area (Å²) in [5, 5.41) is 7.45. The molecule has 8 heteroatoms. The van der Waals surface area contributed by atoms with Crippen LogP contribution in [0.2, 0.25) is 0 Å². The molecule has 0 spiro atoms. The van der Waals surface area contributed by atoms with Crippen LogP contribution in [-0.2, 0) is 17.6 Å². The second kappa shape index (κ2) is 9.32. The molecule has 2 N–H and O–H groups in total. The van der Waals surface area contributed by atoms with Crippen molar-refractivity contribution in [2.45, 2.75) is 46.2 Å². The van der Waals surface area contributed by atoms with Crippen molar-refractivity contribution in [1.29, 1.82) is 0 Å². The lowest BCUT2D eigenvalue weighted by Crippen LogP contribution is -2.38. The smallest absolute Gasteiger partial charge is 0.336 e. The number of benzene rings is 1. The summed E-state index contributed by atoms with van der Waals surface area (Å²) in [6.07, 6.45) is 6.89. The van der Waals surface area contributed by atoms with Crippen LogP contribution in [0.4, 0.5) is 5.00 Å². The molecule has 0 bridgehead atoms. The minimum Gasteiger partial charge on any atom is -0.465 e. The molecule has 1 aliphatic heterocycles. The van der Waals surface area contributed by atoms with E-state index in [1.54, 1.807) is 41.7 Å². The zero-order valence-electron chi connectivity index (χ0n) is 19.8. The van der Waals surface area contributed by atoms with Crippen molar-refractivity contribution in [1.82, 2.24) is 5.32 Å². The van der Waals surface area contributed by atoms with Gasteiger partial charge in [-0.2, -0.15) is 0 Å². The van der Waals surface area contributed by atoms with Gasteiger partial charge >= 0.3 is 5.97 Å². The summed E-state index contributed by atoms with van der Waals surface area (Å²) in [6, 6.07) is 8.86. The Labute approximate surface area is 216 Å². The van der Waals surface area contributed by atoms with Crippen molar-refractivity contribution >= 4 is 50.2 Å². The average molecular weight is 555 g/mol. The quantitative estimate of drug-likeness (QED) is 0.212. The number of nitrogens with one attached hydrogen (secondary N) is 2. The normalized spacial score (nSPS) is 19.6. The molecule has 3 aromatic rings. The lowest BCUT2D eigenvalue weighted by Gasteiger charge is -2.34. The SMILES string of the molecule is CC(C)(C)C1CCc2c(sc3c2C(=O)NC(c2cc(Br)ccc2OC(=O)C=Cc2ccco2)N3)C1. The van der Waals surface area contributed by atoms with E-state index >= 15 is 0 Å². The van der Waals surface area contributed by atoms with Crippen molar-refractivity contribution in [3.05, 3.63) is 74.5 Å². The van der Waals surface area contributed by atoms with E-state index in [0.717, 1.165) is 34.3 Å². The number of furan rings is 1. The van der Waals surface area contributed by atoms with E-state index in [1.165, 1.54) is 22.8 Å². The predicted molar refractivity (Wildman–Crippen MR) is 141 cm³/mol. The third-order valence-corrected chi connectivity index (χ3v) is 8.37. The molecule has 2 unspecified atom stereocenters. The summed E-state index contributed by atoms with van der Waals surface area (Å²) in [6.45, 7) is 6.87. The van der Waals surface area contributed by atoms with Crippen LogP contribution in [0.5, 0.6) is 5.75 Å². The van der Waals surface area contributed by atoms with Crippen LogP contribution in [0.1, 0.15) is 65.5 Å². The number of anilines is 1. The fourth-order valence-corrected chi connectivity index (χ4v) is 6.44. The summed E-state index contributed by atoms with van der Waals surface area (Å²) in [5.41, 5.74) is 2.85. The molecule has 6 nitrogen and oxygen atoms in total. The first-order chi connectivity index (χ1) is 16.7. The lowest BCUT2D eigenvalue weighted by molar-refractivity contribution is -0.128. The van der Waals surface area contributed by atoms with Crippen molar-refractivity contribution in [3.63, 3.8) is 0 Å². The number of ether oxygens (including phenoxy) is 1. The van der Waals surface area contributed by atoms with Gasteiger partial charge in [-0.25, -0.2) is 4.79 Å². The topological polar surface area (TPSA) is 80.6 Å². The number of carbonyl (C=O) groups excluding carboxylic acids is 2. The summed E-state index contributed by atoms with van der Waals surface area (Å²) in [7, 11) is 0. The Hall–Kier alpha value is -2.84. The lowest BCUT2D eigenvalue weighted by atomic mass is 9.72. The maximum absolute atomic E-state index is 13.2. The fraction of sp³-hybridized carbons (Fsp3) is 0.333. The van der Waals surface area contributed by atoms with Crippen molar-refractivity contribution in [2.24, 2.45) is 11.3 Å². The van der Waals surface area contributed by atoms with Gasteiger partial charge in [-0.3, -0.25) is 4.79 Å². The Morgan fingerprint density at radius 1 is 1.26 bits per heavy atom. The minimum absolute atomic E-state index is 0.0922. The van der Waals surface area contributed by atoms with Gasteiger partial charge in [-0.15, -0.1) is 11.3 Å². The van der Waals surface area contributed by atoms with Gasteiger partial charge in [0.2, 0.25) is 0 Å². The van der Waals surface area contributed by atoms with E-state index in [9.17, 15) is 9.59 Å². The summed E-state index contributed by atoms with van der Waals surface area (Å²) in [4.78, 5) is 27.0. The molecule has 0 saturated carbocycles. The Morgan fingerprint density at radius 2 is 2.09 bits per heavy atom. The third kappa shape index (κ3) is 4.95. The molecule has 2 aromatic heterocycles. The summed E-state index contributed by atoms with van der Waals surface area (Å²) >= 11 is 5.18. The van der Waals surface area contributed by atoms with Crippen LogP contribution in [0.15, 0.2) is 51.6 Å². The van der Waals surface area contributed by atoms with Crippen LogP contribution in [0.25, 0.3) is 6.08 Å². The zero-order valence-corrected chi connectivity index (χ0v) is 22.2. The number of fused-ring (bicyclic) bond motifs is 3. The maximum atomic E-state index is 13.2. The first-order valence-corrected chi connectivity index (χ1v) is 13.2. The van der Waals surface area contributed by atoms with Crippen LogP contribution in [-0.4, -0.2) is 11.9 Å². The molecule has 0 saturated heterocycles. The molecular weight excluding hydrogens is 528 g/mol. The largest absolute Gasteiger partial charge is 0.465 e. The highest BCUT2D eigenvalue weighted by molar-refractivity contribution is 9.10. The average Bonchev–Trinajstić information content (AvgIpc) is 3.45. The highest BCUT2D eigenvalue weighted by Gasteiger charge is 2.37. The number of rotatable bonds is 4. The number of hydrogen-bond acceptors (Lipinski definition) is 6. The Balaban J connectivity index is 1.40. The summed E-state index contributed by atoms with van der Waals surface area (Å²) in [5.74, 6) is 0.900. The van der Waals surface area contributed by atoms with Gasteiger partial charge in [0.05, 0.1) is 11.8 Å². The van der Waals surface area contributed by atoms with Gasteiger partial charge in [0.15, 0.2) is 0 Å². The van der Waals surface area contributed by atoms with Crippen LogP contribution < -0.4 is 15.4 Å². The van der Waals surface area contributed by atoms with Gasteiger partial charge in [-0.1, -0.05) is 36.7 Å². The second-order valence-corrected chi connectivity index (χ2v) is 12.0. The number of amides is 1. The fourth-order valence-electron chi connectivity index (χ4n) is 4.71. The third-order valence-electron chi connectivity index (χ3n) is 6.69. The molecule has 1 aliphatic carbocycles.